The van der Waals surface area contributed by atoms with Gasteiger partial charge in [0.1, 0.15) is 0 Å². The van der Waals surface area contributed by atoms with E-state index in [4.69, 9.17) is 11.6 Å². The fourth-order valence-electron chi connectivity index (χ4n) is 1.92. The Morgan fingerprint density at radius 2 is 1.76 bits per heavy atom. The summed E-state index contributed by atoms with van der Waals surface area (Å²) in [4.78, 5) is 23.2. The Balaban J connectivity index is 2.06. The zero-order valence-corrected chi connectivity index (χ0v) is 14.8. The van der Waals surface area contributed by atoms with Crippen molar-refractivity contribution in [1.29, 1.82) is 0 Å². The van der Waals surface area contributed by atoms with E-state index in [9.17, 15) is 18.0 Å². The summed E-state index contributed by atoms with van der Waals surface area (Å²) in [6.07, 6.45) is 2.54. The molecule has 0 aliphatic rings. The first-order chi connectivity index (χ1) is 11.8. The largest absolute Gasteiger partial charge is 0.355 e. The summed E-state index contributed by atoms with van der Waals surface area (Å²) in [5, 5.41) is 2.75. The molecule has 0 aliphatic heterocycles. The van der Waals surface area contributed by atoms with Crippen molar-refractivity contribution in [1.82, 2.24) is 10.0 Å². The molecule has 8 heteroatoms. The van der Waals surface area contributed by atoms with Crippen LogP contribution in [0.25, 0.3) is 6.08 Å². The summed E-state index contributed by atoms with van der Waals surface area (Å²) in [7, 11) is -2.47. The van der Waals surface area contributed by atoms with Gasteiger partial charge in [0.15, 0.2) is 0 Å². The number of amides is 2. The molecule has 2 amide bonds. The van der Waals surface area contributed by atoms with Crippen molar-refractivity contribution in [3.05, 3.63) is 70.8 Å². The second-order valence-corrected chi connectivity index (χ2v) is 7.08. The average molecular weight is 379 g/mol. The minimum atomic E-state index is -4.00. The number of carbonyl (C=O) groups excluding carboxylic acids is 2. The van der Waals surface area contributed by atoms with Gasteiger partial charge in [-0.05, 0) is 42.0 Å². The maximum atomic E-state index is 12.1. The lowest BCUT2D eigenvalue weighted by molar-refractivity contribution is -0.114. The van der Waals surface area contributed by atoms with E-state index in [0.717, 1.165) is 6.08 Å². The normalized spacial score (nSPS) is 11.3. The maximum absolute atomic E-state index is 12.1. The molecule has 6 nitrogen and oxygen atoms in total. The number of carbonyl (C=O) groups is 2. The van der Waals surface area contributed by atoms with Crippen molar-refractivity contribution < 1.29 is 18.0 Å². The molecule has 0 radical (unpaired) electrons. The number of nitrogens with one attached hydrogen (secondary N) is 2. The number of sulfonamides is 1. The Morgan fingerprint density at radius 1 is 1.08 bits per heavy atom. The Bertz CT molecular complexity index is 922. The molecule has 0 atom stereocenters. The van der Waals surface area contributed by atoms with E-state index in [0.29, 0.717) is 11.1 Å². The van der Waals surface area contributed by atoms with Crippen LogP contribution in [0.4, 0.5) is 0 Å². The van der Waals surface area contributed by atoms with Crippen LogP contribution in [0.1, 0.15) is 15.9 Å². The highest BCUT2D eigenvalue weighted by atomic mass is 35.5. The molecule has 0 bridgehead atoms. The Kier molecular flexibility index (Phi) is 5.95. The molecule has 2 N–H and O–H groups in total. The fourth-order valence-corrected chi connectivity index (χ4v) is 3.17. The minimum Gasteiger partial charge on any atom is -0.355 e. The van der Waals surface area contributed by atoms with Crippen LogP contribution >= 0.6 is 11.6 Å². The minimum absolute atomic E-state index is 0.100. The van der Waals surface area contributed by atoms with Gasteiger partial charge in [0, 0.05) is 23.7 Å². The van der Waals surface area contributed by atoms with E-state index in [1.807, 2.05) is 4.72 Å². The van der Waals surface area contributed by atoms with E-state index in [2.05, 4.69) is 5.32 Å². The highest BCUT2D eigenvalue weighted by Crippen LogP contribution is 2.15. The third kappa shape index (κ3) is 5.17. The van der Waals surface area contributed by atoms with Gasteiger partial charge >= 0.3 is 0 Å². The average Bonchev–Trinajstić information content (AvgIpc) is 2.59. The Labute approximate surface area is 150 Å². The van der Waals surface area contributed by atoms with Crippen molar-refractivity contribution >= 4 is 39.5 Å². The van der Waals surface area contributed by atoms with Crippen LogP contribution < -0.4 is 10.0 Å². The van der Waals surface area contributed by atoms with Crippen LogP contribution in [-0.4, -0.2) is 27.3 Å². The van der Waals surface area contributed by atoms with Crippen molar-refractivity contribution in [2.75, 3.05) is 7.05 Å². The number of rotatable bonds is 5. The maximum Gasteiger partial charge on any atom is 0.264 e. The van der Waals surface area contributed by atoms with Gasteiger partial charge in [0.05, 0.1) is 4.90 Å². The molecule has 25 heavy (non-hydrogen) atoms. The molecule has 0 saturated heterocycles. The summed E-state index contributed by atoms with van der Waals surface area (Å²) in [6.45, 7) is 0. The quantitative estimate of drug-likeness (QED) is 0.780. The van der Waals surface area contributed by atoms with E-state index in [-0.39, 0.29) is 15.8 Å². The van der Waals surface area contributed by atoms with E-state index < -0.39 is 15.9 Å². The Hall–Kier alpha value is -2.64. The predicted molar refractivity (Wildman–Crippen MR) is 95.6 cm³/mol. The van der Waals surface area contributed by atoms with Gasteiger partial charge in [0.2, 0.25) is 0 Å². The molecule has 130 valence electrons. The van der Waals surface area contributed by atoms with E-state index in [1.165, 1.54) is 37.4 Å². The van der Waals surface area contributed by atoms with Crippen LogP contribution in [0.2, 0.25) is 5.02 Å². The van der Waals surface area contributed by atoms with Gasteiger partial charge in [0.25, 0.3) is 21.8 Å². The number of halogens is 1. The highest BCUT2D eigenvalue weighted by Gasteiger charge is 2.16. The number of benzene rings is 2. The molecule has 2 aromatic rings. The number of hydrogen-bond acceptors (Lipinski definition) is 4. The molecule has 2 rings (SSSR count). The number of hydrogen-bond donors (Lipinski definition) is 2. The van der Waals surface area contributed by atoms with E-state index >= 15 is 0 Å². The van der Waals surface area contributed by atoms with Gasteiger partial charge in [-0.3, -0.25) is 9.59 Å². The molecule has 0 aromatic heterocycles. The lowest BCUT2D eigenvalue weighted by atomic mass is 10.1. The first kappa shape index (κ1) is 18.7. The molecule has 0 heterocycles. The van der Waals surface area contributed by atoms with Crippen LogP contribution in [0.3, 0.4) is 0 Å². The van der Waals surface area contributed by atoms with Gasteiger partial charge in [-0.15, -0.1) is 0 Å². The second kappa shape index (κ2) is 7.96. The van der Waals surface area contributed by atoms with Gasteiger partial charge in [-0.2, -0.15) is 0 Å². The lowest BCUT2D eigenvalue weighted by Crippen LogP contribution is -2.28. The summed E-state index contributed by atoms with van der Waals surface area (Å²) in [5.41, 5.74) is 1.12. The van der Waals surface area contributed by atoms with Gasteiger partial charge < -0.3 is 5.32 Å². The molecule has 0 fully saturated rings. The molecule has 0 aliphatic carbocycles. The van der Waals surface area contributed by atoms with Crippen molar-refractivity contribution in [2.45, 2.75) is 4.90 Å². The van der Waals surface area contributed by atoms with Crippen molar-refractivity contribution in [3.8, 4) is 0 Å². The molecule has 2 aromatic carbocycles. The van der Waals surface area contributed by atoms with Gasteiger partial charge in [-0.1, -0.05) is 29.8 Å². The van der Waals surface area contributed by atoms with Gasteiger partial charge in [-0.25, -0.2) is 13.1 Å². The SMILES string of the molecule is CNC(=O)c1ccc(/C=C/C(=O)NS(=O)(=O)c2cccc(Cl)c2)cc1. The summed E-state index contributed by atoms with van der Waals surface area (Å²) in [5.74, 6) is -1.02. The molecule has 0 unspecified atom stereocenters. The van der Waals surface area contributed by atoms with Crippen LogP contribution in [-0.2, 0) is 14.8 Å². The summed E-state index contributed by atoms with van der Waals surface area (Å²) < 4.78 is 26.1. The van der Waals surface area contributed by atoms with E-state index in [1.54, 1.807) is 24.3 Å². The fraction of sp³-hybridized carbons (Fsp3) is 0.0588. The smallest absolute Gasteiger partial charge is 0.264 e. The molecule has 0 spiro atoms. The van der Waals surface area contributed by atoms with Crippen LogP contribution in [0.15, 0.2) is 59.5 Å². The third-order valence-corrected chi connectivity index (χ3v) is 4.75. The van der Waals surface area contributed by atoms with Crippen molar-refractivity contribution in [2.24, 2.45) is 0 Å². The zero-order chi connectivity index (χ0) is 18.4. The lowest BCUT2D eigenvalue weighted by Gasteiger charge is -2.05. The van der Waals surface area contributed by atoms with Crippen molar-refractivity contribution in [3.63, 3.8) is 0 Å². The molecular formula is C17H15ClN2O4S. The molecule has 0 saturated carbocycles. The first-order valence-electron chi connectivity index (χ1n) is 7.14. The third-order valence-electron chi connectivity index (χ3n) is 3.17. The summed E-state index contributed by atoms with van der Waals surface area (Å²) >= 11 is 5.75. The Morgan fingerprint density at radius 3 is 2.36 bits per heavy atom. The summed E-state index contributed by atoms with van der Waals surface area (Å²) in [6, 6.07) is 12.1. The highest BCUT2D eigenvalue weighted by molar-refractivity contribution is 7.90. The van der Waals surface area contributed by atoms with Crippen LogP contribution in [0.5, 0.6) is 0 Å². The first-order valence-corrected chi connectivity index (χ1v) is 9.00. The second-order valence-electron chi connectivity index (χ2n) is 4.96. The monoisotopic (exact) mass is 378 g/mol. The molecular weight excluding hydrogens is 364 g/mol. The van der Waals surface area contributed by atoms with Crippen LogP contribution in [0, 0.1) is 0 Å². The topological polar surface area (TPSA) is 92.3 Å². The zero-order valence-electron chi connectivity index (χ0n) is 13.2. The standard InChI is InChI=1S/C17H15ClN2O4S/c1-19-17(22)13-8-5-12(6-9-13)7-10-16(21)20-25(23,24)15-4-2-3-14(18)11-15/h2-11H,1H3,(H,19,22)(H,20,21)/b10-7+. The predicted octanol–water partition coefficient (Wildman–Crippen LogP) is 2.22.